The largest absolute Gasteiger partial charge is 0.456 e. The minimum atomic E-state index is -2.34. The molecule has 0 amide bonds. The third-order valence-corrected chi connectivity index (χ3v) is 14.8. The predicted octanol–water partition coefficient (Wildman–Crippen LogP) is 6.55. The normalized spacial score (nSPS) is 24.5. The van der Waals surface area contributed by atoms with Gasteiger partial charge in [-0.2, -0.15) is 0 Å². The van der Waals surface area contributed by atoms with Crippen molar-refractivity contribution in [1.82, 2.24) is 0 Å². The molecular formula is C39H68O11Si. The number of carbonyl (C=O) groups is 1. The Hall–Kier alpha value is -1.71. The molecule has 0 saturated heterocycles. The van der Waals surface area contributed by atoms with Crippen LogP contribution in [-0.2, 0) is 59.0 Å². The lowest BCUT2D eigenvalue weighted by Gasteiger charge is -2.42. The minimum Gasteiger partial charge on any atom is -0.456 e. The molecule has 1 N–H and O–H groups in total. The second-order valence-electron chi connectivity index (χ2n) is 15.6. The Bertz CT molecular complexity index is 1180. The quantitative estimate of drug-likeness (QED) is 0.0580. The summed E-state index contributed by atoms with van der Waals surface area (Å²) in [6.45, 7) is 20.5. The lowest BCUT2D eigenvalue weighted by atomic mass is 9.76. The van der Waals surface area contributed by atoms with Crippen molar-refractivity contribution < 1.29 is 52.2 Å². The van der Waals surface area contributed by atoms with Gasteiger partial charge < -0.3 is 47.4 Å². The zero-order valence-electron chi connectivity index (χ0n) is 33.5. The molecule has 51 heavy (non-hydrogen) atoms. The van der Waals surface area contributed by atoms with Crippen molar-refractivity contribution >= 4 is 14.3 Å². The van der Waals surface area contributed by atoms with E-state index in [0.29, 0.717) is 39.1 Å². The fraction of sp³-hybridized carbons (Fsp3) is 0.769. The number of hydrogen-bond acceptors (Lipinski definition) is 11. The van der Waals surface area contributed by atoms with Crippen molar-refractivity contribution in [2.75, 3.05) is 61.5 Å². The Morgan fingerprint density at radius 3 is 2.33 bits per heavy atom. The number of benzene rings is 1. The highest BCUT2D eigenvalue weighted by molar-refractivity contribution is 6.74. The Kier molecular flexibility index (Phi) is 19.5. The third kappa shape index (κ3) is 14.6. The molecule has 1 heterocycles. The average Bonchev–Trinajstić information content (AvgIpc) is 3.06. The molecule has 12 heteroatoms. The number of esters is 1. The van der Waals surface area contributed by atoms with Gasteiger partial charge in [0.1, 0.15) is 32.6 Å². The summed E-state index contributed by atoms with van der Waals surface area (Å²) in [4.78, 5) is 14.3. The molecule has 0 fully saturated rings. The number of rotatable bonds is 18. The number of aliphatic hydroxyl groups is 1. The van der Waals surface area contributed by atoms with Crippen LogP contribution in [0.1, 0.15) is 78.9 Å². The van der Waals surface area contributed by atoms with Crippen LogP contribution in [0.3, 0.4) is 0 Å². The van der Waals surface area contributed by atoms with E-state index in [1.807, 2.05) is 25.1 Å². The zero-order chi connectivity index (χ0) is 38.2. The van der Waals surface area contributed by atoms with E-state index in [4.69, 9.17) is 42.3 Å². The molecule has 1 aliphatic rings. The summed E-state index contributed by atoms with van der Waals surface area (Å²) in [5, 5.41) is 11.9. The van der Waals surface area contributed by atoms with Crippen LogP contribution in [0, 0.1) is 5.92 Å². The molecule has 11 nitrogen and oxygen atoms in total. The lowest BCUT2D eigenvalue weighted by molar-refractivity contribution is -0.193. The summed E-state index contributed by atoms with van der Waals surface area (Å²) in [5.74, 6) is -0.544. The van der Waals surface area contributed by atoms with Gasteiger partial charge >= 0.3 is 5.97 Å². The van der Waals surface area contributed by atoms with Gasteiger partial charge in [0.25, 0.3) is 0 Å². The lowest BCUT2D eigenvalue weighted by Crippen LogP contribution is -2.48. The summed E-state index contributed by atoms with van der Waals surface area (Å²) in [5.41, 5.74) is 2.14. The van der Waals surface area contributed by atoms with Crippen molar-refractivity contribution in [3.63, 3.8) is 0 Å². The monoisotopic (exact) mass is 740 g/mol. The molecule has 2 bridgehead atoms. The van der Waals surface area contributed by atoms with Gasteiger partial charge in [-0.1, -0.05) is 71.9 Å². The van der Waals surface area contributed by atoms with Gasteiger partial charge in [-0.3, -0.25) is 0 Å². The van der Waals surface area contributed by atoms with Gasteiger partial charge in [0.2, 0.25) is 0 Å². The Morgan fingerprint density at radius 2 is 1.71 bits per heavy atom. The Balaban J connectivity index is 2.67. The molecule has 0 saturated carbocycles. The van der Waals surface area contributed by atoms with Crippen LogP contribution < -0.4 is 0 Å². The first-order valence-electron chi connectivity index (χ1n) is 18.2. The Morgan fingerprint density at radius 1 is 1.02 bits per heavy atom. The summed E-state index contributed by atoms with van der Waals surface area (Å²) in [7, 11) is 2.33. The average molecular weight is 741 g/mol. The van der Waals surface area contributed by atoms with E-state index in [2.05, 4.69) is 66.8 Å². The SMILES string of the molecule is CC[C@H](/C=C(/C)[C@@H]1C[C@@H](O[Si](C)(C)C(C)(C)C)C[C@H](O)C(C)(C)c2cccc(c2)C[C@@H](OCOC)[C@H](OCOC)C(=O)O1)COCOCCOC. The zero-order valence-corrected chi connectivity index (χ0v) is 34.5. The molecule has 0 unspecified atom stereocenters. The molecule has 1 aromatic rings. The number of hydrogen-bond donors (Lipinski definition) is 1. The summed E-state index contributed by atoms with van der Waals surface area (Å²) in [6.07, 6.45) is 0.215. The maximum atomic E-state index is 14.3. The molecule has 2 rings (SSSR count). The second-order valence-corrected chi connectivity index (χ2v) is 20.4. The number of cyclic esters (lactones) is 1. The molecule has 0 radical (unpaired) electrons. The van der Waals surface area contributed by atoms with Crippen LogP contribution in [0.4, 0.5) is 0 Å². The topological polar surface area (TPSA) is 120 Å². The van der Waals surface area contributed by atoms with Gasteiger partial charge in [-0.25, -0.2) is 4.79 Å². The van der Waals surface area contributed by atoms with Gasteiger partial charge in [0.15, 0.2) is 14.4 Å². The fourth-order valence-electron chi connectivity index (χ4n) is 5.73. The van der Waals surface area contributed by atoms with Crippen LogP contribution in [0.15, 0.2) is 35.9 Å². The molecule has 1 aliphatic heterocycles. The first-order valence-corrected chi connectivity index (χ1v) is 21.1. The predicted molar refractivity (Wildman–Crippen MR) is 200 cm³/mol. The van der Waals surface area contributed by atoms with Crippen LogP contribution in [0.25, 0.3) is 0 Å². The van der Waals surface area contributed by atoms with E-state index < -0.39 is 50.2 Å². The van der Waals surface area contributed by atoms with Gasteiger partial charge in [0.05, 0.1) is 32.0 Å². The molecule has 6 atom stereocenters. The molecule has 0 aliphatic carbocycles. The summed E-state index contributed by atoms with van der Waals surface area (Å²) in [6, 6.07) is 8.04. The minimum absolute atomic E-state index is 0.0375. The van der Waals surface area contributed by atoms with Crippen LogP contribution >= 0.6 is 0 Å². The Labute approximate surface area is 308 Å². The van der Waals surface area contributed by atoms with Crippen molar-refractivity contribution in [3.8, 4) is 0 Å². The standard InChI is InChI=1S/C39H68O11Si/c1-13-29(24-46-27-45-18-17-42-8)19-28(2)33-22-32(50-51(11,12)38(3,4)5)23-35(40)39(6,7)31-16-14-15-30(20-31)21-34(47-25-43-9)36(37(41)49-33)48-26-44-10/h14-16,19-20,29,32-36,40H,13,17-18,21-27H2,1-12H3/b28-19-/t29-,32-,33+,34-,35+,36+/m1/s1. The fourth-order valence-corrected chi connectivity index (χ4v) is 7.11. The van der Waals surface area contributed by atoms with Crippen LogP contribution in [0.2, 0.25) is 18.1 Å². The van der Waals surface area contributed by atoms with Crippen LogP contribution in [-0.4, -0.2) is 111 Å². The second kappa shape index (κ2) is 21.9. The third-order valence-electron chi connectivity index (χ3n) is 10.2. The number of methoxy groups -OCH3 is 3. The van der Waals surface area contributed by atoms with E-state index in [0.717, 1.165) is 23.1 Å². The molecule has 1 aromatic carbocycles. The highest BCUT2D eigenvalue weighted by Gasteiger charge is 2.43. The maximum absolute atomic E-state index is 14.3. The van der Waals surface area contributed by atoms with Gasteiger partial charge in [-0.15, -0.1) is 0 Å². The van der Waals surface area contributed by atoms with Crippen molar-refractivity contribution in [2.45, 2.75) is 128 Å². The molecule has 0 spiro atoms. The molecule has 294 valence electrons. The van der Waals surface area contributed by atoms with Crippen molar-refractivity contribution in [1.29, 1.82) is 0 Å². The summed E-state index contributed by atoms with van der Waals surface area (Å²) < 4.78 is 52.5. The first kappa shape index (κ1) is 45.4. The number of ether oxygens (including phenoxy) is 8. The van der Waals surface area contributed by atoms with E-state index in [9.17, 15) is 9.90 Å². The van der Waals surface area contributed by atoms with E-state index in [1.165, 1.54) is 14.2 Å². The van der Waals surface area contributed by atoms with E-state index in [-0.39, 0.29) is 31.3 Å². The van der Waals surface area contributed by atoms with Crippen molar-refractivity contribution in [3.05, 3.63) is 47.0 Å². The smallest absolute Gasteiger partial charge is 0.338 e. The van der Waals surface area contributed by atoms with E-state index >= 15 is 0 Å². The number of aliphatic hydroxyl groups excluding tert-OH is 1. The highest BCUT2D eigenvalue weighted by atomic mass is 28.4. The van der Waals surface area contributed by atoms with E-state index in [1.54, 1.807) is 7.11 Å². The van der Waals surface area contributed by atoms with Crippen LogP contribution in [0.5, 0.6) is 0 Å². The van der Waals surface area contributed by atoms with Gasteiger partial charge in [-0.05, 0) is 54.6 Å². The number of fused-ring (bicyclic) bond motifs is 2. The molecule has 0 aromatic heterocycles. The first-order chi connectivity index (χ1) is 24.0. The molecular weight excluding hydrogens is 673 g/mol. The number of carbonyl (C=O) groups excluding carboxylic acids is 1. The highest BCUT2D eigenvalue weighted by Crippen LogP contribution is 2.40. The van der Waals surface area contributed by atoms with Gasteiger partial charge in [0, 0.05) is 45.5 Å². The van der Waals surface area contributed by atoms with Crippen molar-refractivity contribution in [2.24, 2.45) is 5.92 Å². The summed E-state index contributed by atoms with van der Waals surface area (Å²) >= 11 is 0. The maximum Gasteiger partial charge on any atom is 0.338 e.